The first kappa shape index (κ1) is 17.0. The smallest absolute Gasteiger partial charge is 0.338 e. The lowest BCUT2D eigenvalue weighted by Gasteiger charge is -2.12. The molecule has 0 fully saturated rings. The summed E-state index contributed by atoms with van der Waals surface area (Å²) in [5.74, 6) is -1.22. The molecule has 0 saturated heterocycles. The van der Waals surface area contributed by atoms with Crippen LogP contribution in [0, 0.1) is 6.92 Å². The first-order valence-corrected chi connectivity index (χ1v) is 7.21. The molecule has 0 unspecified atom stereocenters. The molecule has 1 amide bonds. The van der Waals surface area contributed by atoms with Crippen LogP contribution in [-0.2, 0) is 16.0 Å². The van der Waals surface area contributed by atoms with Crippen LogP contribution < -0.4 is 5.54 Å². The van der Waals surface area contributed by atoms with Crippen LogP contribution in [0.15, 0.2) is 36.4 Å². The average Bonchev–Trinajstić information content (AvgIpc) is 2.55. The van der Waals surface area contributed by atoms with Crippen LogP contribution in [0.5, 0.6) is 0 Å². The summed E-state index contributed by atoms with van der Waals surface area (Å²) in [5, 5.41) is 0.469. The number of hydrogen-bond donors (Lipinski definition) is 1. The number of halogens is 2. The highest BCUT2D eigenvalue weighted by molar-refractivity contribution is 6.31. The molecule has 0 aliphatic rings. The van der Waals surface area contributed by atoms with Gasteiger partial charge in [0.25, 0.3) is 5.91 Å². The molecule has 2 aromatic rings. The van der Waals surface area contributed by atoms with Crippen molar-refractivity contribution in [1.29, 1.82) is 0 Å². The second kappa shape index (κ2) is 7.24. The number of carbonyl (C=O) groups is 2. The van der Waals surface area contributed by atoms with Crippen molar-refractivity contribution in [2.24, 2.45) is 0 Å². The van der Waals surface area contributed by atoms with Crippen molar-refractivity contribution in [2.45, 2.75) is 13.3 Å². The monoisotopic (exact) mass is 335 g/mol. The third kappa shape index (κ3) is 3.87. The maximum Gasteiger partial charge on any atom is 0.338 e. The molecule has 0 heterocycles. The highest BCUT2D eigenvalue weighted by Crippen LogP contribution is 2.29. The van der Waals surface area contributed by atoms with E-state index in [-0.39, 0.29) is 6.42 Å². The van der Waals surface area contributed by atoms with Crippen molar-refractivity contribution in [3.8, 4) is 11.1 Å². The number of amides is 1. The molecule has 0 radical (unpaired) electrons. The summed E-state index contributed by atoms with van der Waals surface area (Å²) in [6.07, 6.45) is -0.0930. The molecule has 6 heteroatoms. The fourth-order valence-electron chi connectivity index (χ4n) is 2.28. The number of methoxy groups -OCH3 is 1. The van der Waals surface area contributed by atoms with E-state index in [9.17, 15) is 14.1 Å². The van der Waals surface area contributed by atoms with Crippen molar-refractivity contribution >= 4 is 23.5 Å². The van der Waals surface area contributed by atoms with Gasteiger partial charge in [-0.1, -0.05) is 29.8 Å². The standard InChI is InChI=1S/C17H15ClFNO3/c1-10-3-4-11(7-12(10)8-16(21)20-19)15-9-13(18)5-6-14(15)17(22)23-2/h3-7,9H,8H2,1-2H3,(H,20,21). The zero-order chi connectivity index (χ0) is 17.0. The first-order chi connectivity index (χ1) is 11.0. The largest absolute Gasteiger partial charge is 0.465 e. The Balaban J connectivity index is 2.54. The van der Waals surface area contributed by atoms with Gasteiger partial charge in [0, 0.05) is 5.02 Å². The molecule has 2 rings (SSSR count). The van der Waals surface area contributed by atoms with E-state index in [2.05, 4.69) is 0 Å². The van der Waals surface area contributed by atoms with Gasteiger partial charge in [0.15, 0.2) is 0 Å². The highest BCUT2D eigenvalue weighted by atomic mass is 35.5. The summed E-state index contributed by atoms with van der Waals surface area (Å²) in [4.78, 5) is 23.2. The van der Waals surface area contributed by atoms with Gasteiger partial charge in [-0.3, -0.25) is 4.79 Å². The van der Waals surface area contributed by atoms with Crippen LogP contribution in [0.1, 0.15) is 21.5 Å². The number of rotatable bonds is 4. The maximum atomic E-state index is 12.2. The molecule has 0 aromatic heterocycles. The van der Waals surface area contributed by atoms with E-state index in [1.807, 2.05) is 13.0 Å². The summed E-state index contributed by atoms with van der Waals surface area (Å²) in [6, 6.07) is 10.2. The van der Waals surface area contributed by atoms with Crippen LogP contribution in [0.2, 0.25) is 5.02 Å². The zero-order valence-corrected chi connectivity index (χ0v) is 13.4. The van der Waals surface area contributed by atoms with Crippen LogP contribution in [0.25, 0.3) is 11.1 Å². The minimum Gasteiger partial charge on any atom is -0.465 e. The molecule has 0 aliphatic heterocycles. The lowest BCUT2D eigenvalue weighted by molar-refractivity contribution is -0.124. The van der Waals surface area contributed by atoms with E-state index in [4.69, 9.17) is 16.3 Å². The molecule has 23 heavy (non-hydrogen) atoms. The summed E-state index contributed by atoms with van der Waals surface area (Å²) in [6.45, 7) is 1.82. The lowest BCUT2D eigenvalue weighted by atomic mass is 9.95. The van der Waals surface area contributed by atoms with Gasteiger partial charge in [-0.05, 0) is 47.4 Å². The van der Waals surface area contributed by atoms with Gasteiger partial charge in [0.05, 0.1) is 19.1 Å². The summed E-state index contributed by atoms with van der Waals surface area (Å²) in [7, 11) is 1.30. The predicted molar refractivity (Wildman–Crippen MR) is 85.9 cm³/mol. The Bertz CT molecular complexity index is 761. The second-order valence-electron chi connectivity index (χ2n) is 5.02. The van der Waals surface area contributed by atoms with E-state index in [1.165, 1.54) is 7.11 Å². The minimum atomic E-state index is -0.732. The molecule has 0 saturated carbocycles. The van der Waals surface area contributed by atoms with E-state index in [1.54, 1.807) is 30.3 Å². The highest BCUT2D eigenvalue weighted by Gasteiger charge is 2.15. The number of benzene rings is 2. The molecular weight excluding hydrogens is 321 g/mol. The number of carbonyl (C=O) groups excluding carboxylic acids is 2. The van der Waals surface area contributed by atoms with E-state index >= 15 is 0 Å². The van der Waals surface area contributed by atoms with E-state index in [0.717, 1.165) is 11.1 Å². The minimum absolute atomic E-state index is 0.0930. The molecule has 0 atom stereocenters. The fourth-order valence-corrected chi connectivity index (χ4v) is 2.45. The number of nitrogens with one attached hydrogen (secondary N) is 1. The molecule has 0 bridgehead atoms. The Morgan fingerprint density at radius 1 is 1.22 bits per heavy atom. The van der Waals surface area contributed by atoms with Crippen molar-refractivity contribution in [3.05, 3.63) is 58.1 Å². The Morgan fingerprint density at radius 2 is 1.96 bits per heavy atom. The van der Waals surface area contributed by atoms with E-state index < -0.39 is 11.9 Å². The number of hydrogen-bond acceptors (Lipinski definition) is 3. The molecule has 1 N–H and O–H groups in total. The molecule has 0 spiro atoms. The van der Waals surface area contributed by atoms with Crippen LogP contribution in [0.4, 0.5) is 4.48 Å². The normalized spacial score (nSPS) is 10.3. The topological polar surface area (TPSA) is 55.4 Å². The Hall–Kier alpha value is -2.40. The first-order valence-electron chi connectivity index (χ1n) is 6.83. The quantitative estimate of drug-likeness (QED) is 0.685. The second-order valence-corrected chi connectivity index (χ2v) is 5.45. The summed E-state index contributed by atoms with van der Waals surface area (Å²) in [5.41, 5.74) is 4.27. The Labute approximate surface area is 138 Å². The van der Waals surface area contributed by atoms with Gasteiger partial charge in [0.1, 0.15) is 0 Å². The van der Waals surface area contributed by atoms with Crippen LogP contribution >= 0.6 is 11.6 Å². The third-order valence-electron chi connectivity index (χ3n) is 3.50. The van der Waals surface area contributed by atoms with Gasteiger partial charge in [-0.2, -0.15) is 5.54 Å². The van der Waals surface area contributed by atoms with Crippen molar-refractivity contribution in [3.63, 3.8) is 0 Å². The number of aryl methyl sites for hydroxylation is 1. The molecule has 2 aromatic carbocycles. The van der Waals surface area contributed by atoms with Gasteiger partial charge >= 0.3 is 5.97 Å². The third-order valence-corrected chi connectivity index (χ3v) is 3.74. The number of esters is 1. The van der Waals surface area contributed by atoms with Gasteiger partial charge in [-0.15, -0.1) is 4.48 Å². The fraction of sp³-hybridized carbons (Fsp3) is 0.176. The van der Waals surface area contributed by atoms with Gasteiger partial charge in [-0.25, -0.2) is 4.79 Å². The zero-order valence-electron chi connectivity index (χ0n) is 12.7. The Morgan fingerprint density at radius 3 is 2.61 bits per heavy atom. The lowest BCUT2D eigenvalue weighted by Crippen LogP contribution is -2.16. The van der Waals surface area contributed by atoms with Crippen LogP contribution in [-0.4, -0.2) is 19.0 Å². The van der Waals surface area contributed by atoms with Crippen LogP contribution in [0.3, 0.4) is 0 Å². The van der Waals surface area contributed by atoms with Crippen molar-refractivity contribution < 1.29 is 18.8 Å². The van der Waals surface area contributed by atoms with Gasteiger partial charge < -0.3 is 4.74 Å². The Kier molecular flexibility index (Phi) is 5.34. The predicted octanol–water partition coefficient (Wildman–Crippen LogP) is 3.65. The molecular formula is C17H15ClFNO3. The SMILES string of the molecule is COC(=O)c1ccc(Cl)cc1-c1ccc(C)c(CC(=O)NF)c1. The summed E-state index contributed by atoms with van der Waals surface area (Å²) >= 11 is 6.03. The maximum absolute atomic E-state index is 12.2. The van der Waals surface area contributed by atoms with Gasteiger partial charge in [0.2, 0.25) is 0 Å². The van der Waals surface area contributed by atoms with Crippen molar-refractivity contribution in [2.75, 3.05) is 7.11 Å². The molecule has 4 nitrogen and oxygen atoms in total. The molecule has 0 aliphatic carbocycles. The summed E-state index contributed by atoms with van der Waals surface area (Å²) < 4.78 is 17.0. The van der Waals surface area contributed by atoms with Crippen molar-refractivity contribution in [1.82, 2.24) is 5.54 Å². The number of ether oxygens (including phenoxy) is 1. The average molecular weight is 336 g/mol. The van der Waals surface area contributed by atoms with E-state index in [0.29, 0.717) is 27.3 Å². The molecule has 120 valence electrons.